The third-order valence-corrected chi connectivity index (χ3v) is 5.71. The second-order valence-electron chi connectivity index (χ2n) is 8.35. The summed E-state index contributed by atoms with van der Waals surface area (Å²) in [5.41, 5.74) is 1.49. The van der Waals surface area contributed by atoms with E-state index < -0.39 is 5.41 Å². The van der Waals surface area contributed by atoms with Crippen LogP contribution in [0.25, 0.3) is 0 Å². The number of carbonyl (C=O) groups excluding carboxylic acids is 1. The molecular formula is C25H30N2O3. The quantitative estimate of drug-likeness (QED) is 0.664. The molecule has 0 bridgehead atoms. The molecule has 0 unspecified atom stereocenters. The smallest absolute Gasteiger partial charge is 0.235 e. The zero-order valence-electron chi connectivity index (χ0n) is 18.0. The number of benzene rings is 2. The minimum Gasteiger partial charge on any atom is -0.497 e. The van der Waals surface area contributed by atoms with E-state index in [0.717, 1.165) is 43.4 Å². The number of nitrogens with one attached hydrogen (secondary N) is 1. The second kappa shape index (κ2) is 9.67. The van der Waals surface area contributed by atoms with Crippen LogP contribution < -0.4 is 14.8 Å². The Morgan fingerprint density at radius 1 is 1.13 bits per heavy atom. The fourth-order valence-corrected chi connectivity index (χ4v) is 4.04. The van der Waals surface area contributed by atoms with Crippen LogP contribution in [0, 0.1) is 17.2 Å². The molecule has 30 heavy (non-hydrogen) atoms. The van der Waals surface area contributed by atoms with E-state index in [1.165, 1.54) is 0 Å². The van der Waals surface area contributed by atoms with Crippen LogP contribution in [0.15, 0.2) is 42.5 Å². The maximum absolute atomic E-state index is 13.5. The molecule has 2 aromatic rings. The molecule has 1 aliphatic carbocycles. The van der Waals surface area contributed by atoms with Crippen LogP contribution in [0.1, 0.15) is 57.1 Å². The van der Waals surface area contributed by atoms with Crippen LogP contribution in [0.5, 0.6) is 11.5 Å². The van der Waals surface area contributed by atoms with Gasteiger partial charge in [-0.2, -0.15) is 5.26 Å². The molecule has 1 aliphatic rings. The number of anilines is 1. The summed E-state index contributed by atoms with van der Waals surface area (Å²) < 4.78 is 11.0. The summed E-state index contributed by atoms with van der Waals surface area (Å²) in [7, 11) is 1.64. The molecule has 5 heteroatoms. The van der Waals surface area contributed by atoms with Gasteiger partial charge in [-0.05, 0) is 54.7 Å². The summed E-state index contributed by atoms with van der Waals surface area (Å²) in [5, 5.41) is 12.6. The molecule has 1 N–H and O–H groups in total. The monoisotopic (exact) mass is 406 g/mol. The highest BCUT2D eigenvalue weighted by Gasteiger charge is 2.41. The largest absolute Gasteiger partial charge is 0.497 e. The Morgan fingerprint density at radius 2 is 1.83 bits per heavy atom. The Kier molecular flexibility index (Phi) is 6.99. The predicted molar refractivity (Wildman–Crippen MR) is 118 cm³/mol. The van der Waals surface area contributed by atoms with Gasteiger partial charge in [0.2, 0.25) is 5.91 Å². The molecule has 1 saturated carbocycles. The van der Waals surface area contributed by atoms with E-state index in [0.29, 0.717) is 29.5 Å². The van der Waals surface area contributed by atoms with Crippen LogP contribution in [0.4, 0.5) is 5.69 Å². The molecule has 0 aromatic heterocycles. The van der Waals surface area contributed by atoms with Gasteiger partial charge >= 0.3 is 0 Å². The van der Waals surface area contributed by atoms with Crippen LogP contribution >= 0.6 is 0 Å². The van der Waals surface area contributed by atoms with Gasteiger partial charge in [-0.25, -0.2) is 0 Å². The molecule has 0 spiro atoms. The highest BCUT2D eigenvalue weighted by atomic mass is 16.5. The van der Waals surface area contributed by atoms with E-state index in [-0.39, 0.29) is 5.91 Å². The van der Waals surface area contributed by atoms with E-state index in [2.05, 4.69) is 25.2 Å². The van der Waals surface area contributed by atoms with Gasteiger partial charge in [0.1, 0.15) is 17.6 Å². The minimum absolute atomic E-state index is 0.0212. The van der Waals surface area contributed by atoms with Crippen molar-refractivity contribution in [2.45, 2.75) is 51.4 Å². The maximum Gasteiger partial charge on any atom is 0.235 e. The first-order chi connectivity index (χ1) is 14.5. The van der Waals surface area contributed by atoms with Crippen molar-refractivity contribution in [3.05, 3.63) is 53.6 Å². The number of hydrogen-bond acceptors (Lipinski definition) is 4. The van der Waals surface area contributed by atoms with Crippen molar-refractivity contribution in [2.24, 2.45) is 5.92 Å². The molecule has 1 amide bonds. The van der Waals surface area contributed by atoms with Crippen molar-refractivity contribution in [1.29, 1.82) is 5.26 Å². The molecule has 0 heterocycles. The van der Waals surface area contributed by atoms with Crippen molar-refractivity contribution in [3.8, 4) is 17.6 Å². The highest BCUT2D eigenvalue weighted by Crippen LogP contribution is 2.41. The van der Waals surface area contributed by atoms with Crippen molar-refractivity contribution in [3.63, 3.8) is 0 Å². The normalized spacial score (nSPS) is 15.3. The third-order valence-electron chi connectivity index (χ3n) is 5.71. The number of hydrogen-bond donors (Lipinski definition) is 1. The molecule has 2 aromatic carbocycles. The van der Waals surface area contributed by atoms with E-state index in [1.807, 2.05) is 24.3 Å². The van der Waals surface area contributed by atoms with Gasteiger partial charge < -0.3 is 14.8 Å². The van der Waals surface area contributed by atoms with E-state index >= 15 is 0 Å². The Labute approximate surface area is 179 Å². The SMILES string of the molecule is COc1ccc(C2(C(=O)Nc3ccc(OCC(C)C)c(C#N)c3)CCCCC2)cc1. The molecular weight excluding hydrogens is 376 g/mol. The number of carbonyl (C=O) groups is 1. The highest BCUT2D eigenvalue weighted by molar-refractivity contribution is 5.99. The first-order valence-electron chi connectivity index (χ1n) is 10.6. The summed E-state index contributed by atoms with van der Waals surface area (Å²) >= 11 is 0. The average molecular weight is 407 g/mol. The summed E-state index contributed by atoms with van der Waals surface area (Å²) in [6.07, 6.45) is 4.80. The minimum atomic E-state index is -0.565. The second-order valence-corrected chi connectivity index (χ2v) is 8.35. The summed E-state index contributed by atoms with van der Waals surface area (Å²) in [5.74, 6) is 1.67. The van der Waals surface area contributed by atoms with E-state index in [9.17, 15) is 10.1 Å². The molecule has 3 rings (SSSR count). The maximum atomic E-state index is 13.5. The Hall–Kier alpha value is -3.00. The first kappa shape index (κ1) is 21.7. The van der Waals surface area contributed by atoms with Gasteiger partial charge in [-0.1, -0.05) is 45.2 Å². The van der Waals surface area contributed by atoms with E-state index in [1.54, 1.807) is 25.3 Å². The number of ether oxygens (including phenoxy) is 2. The van der Waals surface area contributed by atoms with E-state index in [4.69, 9.17) is 9.47 Å². The lowest BCUT2D eigenvalue weighted by atomic mass is 9.68. The zero-order valence-corrected chi connectivity index (χ0v) is 18.0. The lowest BCUT2D eigenvalue weighted by Crippen LogP contribution is -2.42. The predicted octanol–water partition coefficient (Wildman–Crippen LogP) is 5.44. The summed E-state index contributed by atoms with van der Waals surface area (Å²) in [6.45, 7) is 4.66. The molecule has 1 fully saturated rings. The fourth-order valence-electron chi connectivity index (χ4n) is 4.04. The average Bonchev–Trinajstić information content (AvgIpc) is 2.78. The van der Waals surface area contributed by atoms with Crippen molar-refractivity contribution in [2.75, 3.05) is 19.0 Å². The van der Waals surface area contributed by atoms with Gasteiger partial charge in [-0.15, -0.1) is 0 Å². The topological polar surface area (TPSA) is 71.3 Å². The molecule has 0 atom stereocenters. The lowest BCUT2D eigenvalue weighted by molar-refractivity contribution is -0.122. The Bertz CT molecular complexity index is 907. The van der Waals surface area contributed by atoms with Gasteiger partial charge in [0.15, 0.2) is 0 Å². The number of amides is 1. The van der Waals surface area contributed by atoms with Crippen LogP contribution in [-0.2, 0) is 10.2 Å². The first-order valence-corrected chi connectivity index (χ1v) is 10.6. The van der Waals surface area contributed by atoms with Gasteiger partial charge in [0.05, 0.1) is 24.7 Å². The fraction of sp³-hybridized carbons (Fsp3) is 0.440. The van der Waals surface area contributed by atoms with Gasteiger partial charge in [0.25, 0.3) is 0 Å². The number of nitrogens with zero attached hydrogens (tertiary/aromatic N) is 1. The molecule has 158 valence electrons. The van der Waals surface area contributed by atoms with Gasteiger partial charge in [0, 0.05) is 5.69 Å². The van der Waals surface area contributed by atoms with Crippen LogP contribution in [0.3, 0.4) is 0 Å². The third kappa shape index (κ3) is 4.76. The lowest BCUT2D eigenvalue weighted by Gasteiger charge is -2.36. The molecule has 0 aliphatic heterocycles. The van der Waals surface area contributed by atoms with Crippen LogP contribution in [0.2, 0.25) is 0 Å². The van der Waals surface area contributed by atoms with Crippen molar-refractivity contribution < 1.29 is 14.3 Å². The molecule has 0 saturated heterocycles. The Balaban J connectivity index is 1.84. The van der Waals surface area contributed by atoms with Crippen molar-refractivity contribution in [1.82, 2.24) is 0 Å². The number of nitriles is 1. The van der Waals surface area contributed by atoms with Gasteiger partial charge in [-0.3, -0.25) is 4.79 Å². The summed E-state index contributed by atoms with van der Waals surface area (Å²) in [6, 6.07) is 15.2. The standard InChI is InChI=1S/C25H30N2O3/c1-18(2)17-30-23-12-9-21(15-19(23)16-26)27-24(28)25(13-5-4-6-14-25)20-7-10-22(29-3)11-8-20/h7-12,15,18H,4-6,13-14,17H2,1-3H3,(H,27,28). The van der Waals surface area contributed by atoms with Crippen molar-refractivity contribution >= 4 is 11.6 Å². The van der Waals surface area contributed by atoms with Crippen LogP contribution in [-0.4, -0.2) is 19.6 Å². The number of methoxy groups -OCH3 is 1. The number of rotatable bonds is 7. The Morgan fingerprint density at radius 3 is 2.43 bits per heavy atom. The summed E-state index contributed by atoms with van der Waals surface area (Å²) in [4.78, 5) is 13.5. The molecule has 5 nitrogen and oxygen atoms in total. The zero-order chi connectivity index (χ0) is 21.6. The molecule has 0 radical (unpaired) electrons.